The number of hydrogen-bond acceptors (Lipinski definition) is 4. The van der Waals surface area contributed by atoms with Gasteiger partial charge in [0, 0.05) is 19.8 Å². The van der Waals surface area contributed by atoms with E-state index in [4.69, 9.17) is 5.11 Å². The number of aliphatic hydroxyl groups is 2. The quantitative estimate of drug-likeness (QED) is 0.646. The fourth-order valence-corrected chi connectivity index (χ4v) is 1.41. The fourth-order valence-electron chi connectivity index (χ4n) is 1.41. The van der Waals surface area contributed by atoms with Crippen LogP contribution in [0.3, 0.4) is 0 Å². The maximum absolute atomic E-state index is 11.8. The Labute approximate surface area is 100 Å². The standard InChI is InChI=1S/C11H19N3O3/c1-4-9-8(5-14(3)13-9)10(16)12-6-11(2,17)7-15/h5,15,17H,4,6-7H2,1-3H3,(H,12,16). The second kappa shape index (κ2) is 5.29. The van der Waals surface area contributed by atoms with E-state index in [1.807, 2.05) is 6.92 Å². The molecule has 6 nitrogen and oxygen atoms in total. The van der Waals surface area contributed by atoms with E-state index >= 15 is 0 Å². The Kier molecular flexibility index (Phi) is 4.25. The smallest absolute Gasteiger partial charge is 0.254 e. The van der Waals surface area contributed by atoms with Gasteiger partial charge in [-0.3, -0.25) is 9.48 Å². The SMILES string of the molecule is CCc1nn(C)cc1C(=O)NCC(C)(O)CO. The first kappa shape index (κ1) is 13.7. The third kappa shape index (κ3) is 3.54. The van der Waals surface area contributed by atoms with E-state index in [0.29, 0.717) is 17.7 Å². The summed E-state index contributed by atoms with van der Waals surface area (Å²) in [4.78, 5) is 11.8. The molecule has 0 spiro atoms. The van der Waals surface area contributed by atoms with E-state index in [0.717, 1.165) is 0 Å². The molecule has 0 aliphatic carbocycles. The summed E-state index contributed by atoms with van der Waals surface area (Å²) in [5.74, 6) is -0.288. The monoisotopic (exact) mass is 241 g/mol. The van der Waals surface area contributed by atoms with Crippen LogP contribution < -0.4 is 5.32 Å². The van der Waals surface area contributed by atoms with Crippen LogP contribution in [0.5, 0.6) is 0 Å². The van der Waals surface area contributed by atoms with Crippen molar-refractivity contribution >= 4 is 5.91 Å². The van der Waals surface area contributed by atoms with Crippen molar-refractivity contribution in [1.29, 1.82) is 0 Å². The largest absolute Gasteiger partial charge is 0.393 e. The zero-order chi connectivity index (χ0) is 13.1. The van der Waals surface area contributed by atoms with Crippen LogP contribution in [0, 0.1) is 0 Å². The number of nitrogens with one attached hydrogen (secondary N) is 1. The summed E-state index contributed by atoms with van der Waals surface area (Å²) in [5.41, 5.74) is -0.0815. The van der Waals surface area contributed by atoms with Gasteiger partial charge in [0.1, 0.15) is 5.60 Å². The van der Waals surface area contributed by atoms with Gasteiger partial charge in [0.05, 0.1) is 17.9 Å². The van der Waals surface area contributed by atoms with Crippen LogP contribution in [0.15, 0.2) is 6.20 Å². The van der Waals surface area contributed by atoms with Gasteiger partial charge in [-0.1, -0.05) is 6.92 Å². The lowest BCUT2D eigenvalue weighted by molar-refractivity contribution is 0.00319. The van der Waals surface area contributed by atoms with E-state index < -0.39 is 12.2 Å². The van der Waals surface area contributed by atoms with Gasteiger partial charge in [0.25, 0.3) is 5.91 Å². The first-order valence-electron chi connectivity index (χ1n) is 5.53. The summed E-state index contributed by atoms with van der Waals surface area (Å²) in [5, 5.41) is 25.2. The number of carbonyl (C=O) groups excluding carboxylic acids is 1. The molecule has 1 aromatic heterocycles. The third-order valence-corrected chi connectivity index (χ3v) is 2.46. The predicted octanol–water partition coefficient (Wildman–Crippen LogP) is -0.544. The molecule has 17 heavy (non-hydrogen) atoms. The highest BCUT2D eigenvalue weighted by molar-refractivity contribution is 5.95. The Hall–Kier alpha value is -1.40. The normalized spacial score (nSPS) is 14.4. The maximum atomic E-state index is 11.8. The molecule has 0 aliphatic rings. The van der Waals surface area contributed by atoms with Gasteiger partial charge in [-0.2, -0.15) is 5.10 Å². The van der Waals surface area contributed by atoms with Crippen LogP contribution in [0.4, 0.5) is 0 Å². The summed E-state index contributed by atoms with van der Waals surface area (Å²) in [6.45, 7) is 2.97. The van der Waals surface area contributed by atoms with Crippen LogP contribution in [-0.2, 0) is 13.5 Å². The molecule has 1 rings (SSSR count). The minimum Gasteiger partial charge on any atom is -0.393 e. The maximum Gasteiger partial charge on any atom is 0.254 e. The lowest BCUT2D eigenvalue weighted by Crippen LogP contribution is -2.43. The second-order valence-corrected chi connectivity index (χ2v) is 4.35. The van der Waals surface area contributed by atoms with E-state index in [2.05, 4.69) is 10.4 Å². The van der Waals surface area contributed by atoms with E-state index in [-0.39, 0.29) is 12.5 Å². The number of aliphatic hydroxyl groups excluding tert-OH is 1. The Morgan fingerprint density at radius 3 is 2.82 bits per heavy atom. The molecular formula is C11H19N3O3. The number of aryl methyl sites for hydroxylation is 2. The number of nitrogens with zero attached hydrogens (tertiary/aromatic N) is 2. The van der Waals surface area contributed by atoms with Gasteiger partial charge < -0.3 is 15.5 Å². The van der Waals surface area contributed by atoms with Crippen molar-refractivity contribution in [3.63, 3.8) is 0 Å². The molecule has 1 atom stereocenters. The summed E-state index contributed by atoms with van der Waals surface area (Å²) in [6.07, 6.45) is 2.31. The molecule has 0 saturated carbocycles. The molecular weight excluding hydrogens is 222 g/mol. The Balaban J connectivity index is 2.70. The van der Waals surface area contributed by atoms with E-state index in [9.17, 15) is 9.90 Å². The highest BCUT2D eigenvalue weighted by Crippen LogP contribution is 2.07. The van der Waals surface area contributed by atoms with Gasteiger partial charge in [0.2, 0.25) is 0 Å². The lowest BCUT2D eigenvalue weighted by atomic mass is 10.1. The zero-order valence-electron chi connectivity index (χ0n) is 10.4. The summed E-state index contributed by atoms with van der Waals surface area (Å²) in [7, 11) is 1.75. The highest BCUT2D eigenvalue weighted by Gasteiger charge is 2.21. The van der Waals surface area contributed by atoms with Crippen molar-refractivity contribution in [3.05, 3.63) is 17.5 Å². The van der Waals surface area contributed by atoms with Gasteiger partial charge in [0.15, 0.2) is 0 Å². The molecule has 1 unspecified atom stereocenters. The van der Waals surface area contributed by atoms with E-state index in [1.165, 1.54) is 6.92 Å². The number of amides is 1. The van der Waals surface area contributed by atoms with Gasteiger partial charge in [-0.05, 0) is 13.3 Å². The van der Waals surface area contributed by atoms with Gasteiger partial charge in [-0.15, -0.1) is 0 Å². The third-order valence-electron chi connectivity index (χ3n) is 2.46. The summed E-state index contributed by atoms with van der Waals surface area (Å²) >= 11 is 0. The summed E-state index contributed by atoms with van der Waals surface area (Å²) in [6, 6.07) is 0. The van der Waals surface area contributed by atoms with Crippen LogP contribution in [-0.4, -0.2) is 44.7 Å². The second-order valence-electron chi connectivity index (χ2n) is 4.35. The van der Waals surface area contributed by atoms with Crippen LogP contribution in [0.2, 0.25) is 0 Å². The van der Waals surface area contributed by atoms with Crippen molar-refractivity contribution in [3.8, 4) is 0 Å². The molecule has 0 saturated heterocycles. The van der Waals surface area contributed by atoms with Crippen molar-refractivity contribution in [2.75, 3.05) is 13.2 Å². The molecule has 6 heteroatoms. The molecule has 96 valence electrons. The summed E-state index contributed by atoms with van der Waals surface area (Å²) < 4.78 is 1.58. The minimum absolute atomic E-state index is 0.000379. The molecule has 0 radical (unpaired) electrons. The first-order valence-corrected chi connectivity index (χ1v) is 5.53. The van der Waals surface area contributed by atoms with Crippen molar-refractivity contribution in [2.45, 2.75) is 25.9 Å². The van der Waals surface area contributed by atoms with Crippen molar-refractivity contribution in [1.82, 2.24) is 15.1 Å². The zero-order valence-corrected chi connectivity index (χ0v) is 10.4. The minimum atomic E-state index is -1.30. The van der Waals surface area contributed by atoms with Crippen LogP contribution >= 0.6 is 0 Å². The molecule has 1 amide bonds. The topological polar surface area (TPSA) is 87.4 Å². The molecule has 0 aromatic carbocycles. The van der Waals surface area contributed by atoms with Crippen molar-refractivity contribution < 1.29 is 15.0 Å². The average Bonchev–Trinajstić information content (AvgIpc) is 2.67. The first-order chi connectivity index (χ1) is 7.89. The van der Waals surface area contributed by atoms with Gasteiger partial charge >= 0.3 is 0 Å². The Bertz CT molecular complexity index is 399. The Morgan fingerprint density at radius 1 is 1.65 bits per heavy atom. The number of rotatable bonds is 5. The molecule has 1 aromatic rings. The van der Waals surface area contributed by atoms with Crippen molar-refractivity contribution in [2.24, 2.45) is 7.05 Å². The number of hydrogen-bond donors (Lipinski definition) is 3. The highest BCUT2D eigenvalue weighted by atomic mass is 16.3. The lowest BCUT2D eigenvalue weighted by Gasteiger charge is -2.20. The Morgan fingerprint density at radius 2 is 2.29 bits per heavy atom. The van der Waals surface area contributed by atoms with Gasteiger partial charge in [-0.25, -0.2) is 0 Å². The van der Waals surface area contributed by atoms with Crippen LogP contribution in [0.1, 0.15) is 29.9 Å². The molecule has 1 heterocycles. The molecule has 3 N–H and O–H groups in total. The average molecular weight is 241 g/mol. The van der Waals surface area contributed by atoms with Crippen LogP contribution in [0.25, 0.3) is 0 Å². The fraction of sp³-hybridized carbons (Fsp3) is 0.636. The van der Waals surface area contributed by atoms with E-state index in [1.54, 1.807) is 17.9 Å². The number of carbonyl (C=O) groups is 1. The molecule has 0 aliphatic heterocycles. The molecule has 0 fully saturated rings. The predicted molar refractivity (Wildman–Crippen MR) is 62.6 cm³/mol. The number of aromatic nitrogens is 2. The molecule has 0 bridgehead atoms.